The summed E-state index contributed by atoms with van der Waals surface area (Å²) < 4.78 is 20.0. The van der Waals surface area contributed by atoms with Crippen LogP contribution in [0.2, 0.25) is 0 Å². The molecular weight excluding hydrogens is 470 g/mol. The molecule has 5 rings (SSSR count). The van der Waals surface area contributed by atoms with Crippen molar-refractivity contribution in [3.63, 3.8) is 0 Å². The van der Waals surface area contributed by atoms with E-state index < -0.39 is 0 Å². The van der Waals surface area contributed by atoms with E-state index in [9.17, 15) is 0 Å². The summed E-state index contributed by atoms with van der Waals surface area (Å²) in [7, 11) is 0. The van der Waals surface area contributed by atoms with Crippen molar-refractivity contribution >= 4 is 0 Å². The van der Waals surface area contributed by atoms with Crippen LogP contribution in [0.3, 0.4) is 0 Å². The van der Waals surface area contributed by atoms with Gasteiger partial charge in [0.1, 0.15) is 12.2 Å². The van der Waals surface area contributed by atoms with Gasteiger partial charge in [-0.25, -0.2) is 0 Å². The van der Waals surface area contributed by atoms with Crippen molar-refractivity contribution in [3.05, 3.63) is 144 Å². The summed E-state index contributed by atoms with van der Waals surface area (Å²) >= 11 is 0. The fourth-order valence-electron chi connectivity index (χ4n) is 5.12. The summed E-state index contributed by atoms with van der Waals surface area (Å²) in [5.74, 6) is 0. The van der Waals surface area contributed by atoms with Gasteiger partial charge in [0, 0.05) is 19.1 Å². The molecule has 1 aliphatic heterocycles. The van der Waals surface area contributed by atoms with Gasteiger partial charge >= 0.3 is 0 Å². The molecule has 1 saturated heterocycles. The van der Waals surface area contributed by atoms with E-state index in [4.69, 9.17) is 14.2 Å². The molecular formula is C34H37NO3. The monoisotopic (exact) mass is 507 g/mol. The van der Waals surface area contributed by atoms with E-state index in [1.807, 2.05) is 18.2 Å². The van der Waals surface area contributed by atoms with Crippen molar-refractivity contribution < 1.29 is 14.2 Å². The molecule has 0 radical (unpaired) electrons. The Kier molecular flexibility index (Phi) is 9.35. The van der Waals surface area contributed by atoms with Crippen LogP contribution >= 0.6 is 0 Å². The number of hydrogen-bond donors (Lipinski definition) is 0. The van der Waals surface area contributed by atoms with E-state index >= 15 is 0 Å². The molecule has 4 aromatic rings. The largest absolute Gasteiger partial charge is 0.369 e. The minimum absolute atomic E-state index is 0.139. The van der Waals surface area contributed by atoms with E-state index in [1.165, 1.54) is 5.56 Å². The predicted molar refractivity (Wildman–Crippen MR) is 151 cm³/mol. The van der Waals surface area contributed by atoms with Crippen LogP contribution in [0, 0.1) is 0 Å². The molecule has 0 bridgehead atoms. The van der Waals surface area contributed by atoms with Crippen molar-refractivity contribution in [2.24, 2.45) is 0 Å². The Morgan fingerprint density at radius 1 is 0.526 bits per heavy atom. The molecule has 0 amide bonds. The van der Waals surface area contributed by atoms with Crippen LogP contribution in [0.25, 0.3) is 0 Å². The summed E-state index contributed by atoms with van der Waals surface area (Å²) in [6.45, 7) is 5.46. The molecule has 0 N–H and O–H groups in total. The van der Waals surface area contributed by atoms with Gasteiger partial charge in [0.25, 0.3) is 0 Å². The maximum atomic E-state index is 6.69. The van der Waals surface area contributed by atoms with Crippen molar-refractivity contribution in [1.29, 1.82) is 0 Å². The van der Waals surface area contributed by atoms with Gasteiger partial charge in [-0.2, -0.15) is 0 Å². The number of piperidine rings is 1. The summed E-state index contributed by atoms with van der Waals surface area (Å²) in [4.78, 5) is 2.48. The number of likely N-dealkylation sites (tertiary alicyclic amines) is 1. The van der Waals surface area contributed by atoms with Crippen molar-refractivity contribution in [2.75, 3.05) is 6.54 Å². The molecule has 196 valence electrons. The van der Waals surface area contributed by atoms with Gasteiger partial charge in [0.05, 0.1) is 25.9 Å². The first-order chi connectivity index (χ1) is 18.8. The average molecular weight is 508 g/mol. The molecule has 1 heterocycles. The predicted octanol–water partition coefficient (Wildman–Crippen LogP) is 6.65. The van der Waals surface area contributed by atoms with Crippen LogP contribution in [0.4, 0.5) is 0 Å². The lowest BCUT2D eigenvalue weighted by atomic mass is 9.93. The van der Waals surface area contributed by atoms with Gasteiger partial charge in [-0.3, -0.25) is 4.90 Å². The normalized spacial score (nSPS) is 21.8. The van der Waals surface area contributed by atoms with Crippen LogP contribution in [0.15, 0.2) is 121 Å². The third-order valence-corrected chi connectivity index (χ3v) is 7.26. The summed E-state index contributed by atoms with van der Waals surface area (Å²) in [6.07, 6.45) is -0.499. The molecule has 0 aliphatic carbocycles. The minimum atomic E-state index is -0.204. The molecule has 1 aliphatic rings. The van der Waals surface area contributed by atoms with E-state index in [2.05, 4.69) is 115 Å². The Balaban J connectivity index is 1.39. The zero-order valence-electron chi connectivity index (χ0n) is 22.1. The summed E-state index contributed by atoms with van der Waals surface area (Å²) in [5.41, 5.74) is 4.75. The van der Waals surface area contributed by atoms with E-state index in [1.54, 1.807) is 0 Å². The van der Waals surface area contributed by atoms with Gasteiger partial charge in [-0.05, 0) is 29.2 Å². The standard InChI is InChI=1S/C34H37NO3/c1-27-33(37-25-30-18-10-4-11-19-30)34(38-26-31-20-12-5-13-21-31)32(36-24-29-16-8-3-9-17-29)23-35(27)22-28-14-6-2-7-15-28/h2-21,27,32-34H,22-26H2,1H3/t27-,32+,33-,34-/m1/s1. The lowest BCUT2D eigenvalue weighted by Gasteiger charge is -2.47. The first-order valence-corrected chi connectivity index (χ1v) is 13.5. The van der Waals surface area contributed by atoms with Gasteiger partial charge in [0.15, 0.2) is 0 Å². The lowest BCUT2D eigenvalue weighted by molar-refractivity contribution is -0.202. The highest BCUT2D eigenvalue weighted by atomic mass is 16.6. The molecule has 0 unspecified atom stereocenters. The molecule has 4 heteroatoms. The molecule has 38 heavy (non-hydrogen) atoms. The Morgan fingerprint density at radius 2 is 0.921 bits per heavy atom. The number of ether oxygens (including phenoxy) is 3. The van der Waals surface area contributed by atoms with Gasteiger partial charge in [-0.1, -0.05) is 121 Å². The van der Waals surface area contributed by atoms with Gasteiger partial charge in [-0.15, -0.1) is 0 Å². The Morgan fingerprint density at radius 3 is 1.39 bits per heavy atom. The molecule has 0 saturated carbocycles. The first kappa shape index (κ1) is 26.3. The lowest BCUT2D eigenvalue weighted by Crippen LogP contribution is -2.62. The summed E-state index contributed by atoms with van der Waals surface area (Å²) in [6, 6.07) is 41.9. The molecule has 4 aromatic carbocycles. The average Bonchev–Trinajstić information content (AvgIpc) is 2.98. The van der Waals surface area contributed by atoms with Crippen molar-refractivity contribution in [3.8, 4) is 0 Å². The Labute approximate surface area is 226 Å². The Bertz CT molecular complexity index is 1160. The van der Waals surface area contributed by atoms with Crippen molar-refractivity contribution in [2.45, 2.75) is 57.6 Å². The van der Waals surface area contributed by atoms with E-state index in [0.29, 0.717) is 19.8 Å². The van der Waals surface area contributed by atoms with Gasteiger partial charge in [0.2, 0.25) is 0 Å². The second-order valence-corrected chi connectivity index (χ2v) is 10.0. The molecule has 0 spiro atoms. The number of rotatable bonds is 11. The Hall–Kier alpha value is -3.28. The maximum Gasteiger partial charge on any atom is 0.113 e. The highest BCUT2D eigenvalue weighted by Gasteiger charge is 2.44. The topological polar surface area (TPSA) is 30.9 Å². The summed E-state index contributed by atoms with van der Waals surface area (Å²) in [5, 5.41) is 0. The van der Waals surface area contributed by atoms with Gasteiger partial charge < -0.3 is 14.2 Å². The number of nitrogens with zero attached hydrogens (tertiary/aromatic N) is 1. The van der Waals surface area contributed by atoms with Crippen molar-refractivity contribution in [1.82, 2.24) is 4.90 Å². The zero-order valence-corrected chi connectivity index (χ0v) is 22.1. The smallest absolute Gasteiger partial charge is 0.113 e. The second-order valence-electron chi connectivity index (χ2n) is 10.0. The number of benzene rings is 4. The van der Waals surface area contributed by atoms with E-state index in [-0.39, 0.29) is 24.4 Å². The van der Waals surface area contributed by atoms with Crippen LogP contribution in [-0.4, -0.2) is 35.8 Å². The minimum Gasteiger partial charge on any atom is -0.369 e. The van der Waals surface area contributed by atoms with Crippen LogP contribution in [0.5, 0.6) is 0 Å². The highest BCUT2D eigenvalue weighted by Crippen LogP contribution is 2.29. The maximum absolute atomic E-state index is 6.69. The fourth-order valence-corrected chi connectivity index (χ4v) is 5.12. The van der Waals surface area contributed by atoms with E-state index in [0.717, 1.165) is 29.8 Å². The highest BCUT2D eigenvalue weighted by molar-refractivity contribution is 5.17. The zero-order chi connectivity index (χ0) is 26.0. The molecule has 4 atom stereocenters. The first-order valence-electron chi connectivity index (χ1n) is 13.5. The molecule has 4 nitrogen and oxygen atoms in total. The second kappa shape index (κ2) is 13.5. The fraction of sp³-hybridized carbons (Fsp3) is 0.294. The van der Waals surface area contributed by atoms with Crippen LogP contribution in [0.1, 0.15) is 29.2 Å². The SMILES string of the molecule is C[C@@H]1[C@@H](OCc2ccccc2)[C@H](OCc2ccccc2)[C@@H](OCc2ccccc2)CN1Cc1ccccc1. The van der Waals surface area contributed by atoms with Crippen LogP contribution < -0.4 is 0 Å². The third-order valence-electron chi connectivity index (χ3n) is 7.26. The third kappa shape index (κ3) is 7.18. The molecule has 0 aromatic heterocycles. The molecule has 1 fully saturated rings. The quantitative estimate of drug-likeness (QED) is 0.228. The number of hydrogen-bond acceptors (Lipinski definition) is 4. The van der Waals surface area contributed by atoms with Crippen LogP contribution in [-0.2, 0) is 40.6 Å².